The molecule has 4 N–H and O–H groups in total. The highest BCUT2D eigenvalue weighted by Gasteiger charge is 2.17. The zero-order valence-electron chi connectivity index (χ0n) is 19.2. The fourth-order valence-corrected chi connectivity index (χ4v) is 4.11. The molecule has 0 bridgehead atoms. The van der Waals surface area contributed by atoms with Gasteiger partial charge in [-0.2, -0.15) is 4.98 Å². The Morgan fingerprint density at radius 3 is 2.61 bits per heavy atom. The van der Waals surface area contributed by atoms with E-state index in [1.54, 1.807) is 6.07 Å². The van der Waals surface area contributed by atoms with Crippen molar-refractivity contribution in [1.82, 2.24) is 15.0 Å². The Bertz CT molecular complexity index is 1120. The van der Waals surface area contributed by atoms with E-state index in [2.05, 4.69) is 27.2 Å². The largest absolute Gasteiger partial charge is 0.489 e. The number of ether oxygens (including phenoxy) is 1. The number of nitrogen functional groups attached to an aromatic ring is 1. The van der Waals surface area contributed by atoms with Gasteiger partial charge in [-0.3, -0.25) is 4.79 Å². The van der Waals surface area contributed by atoms with Gasteiger partial charge in [-0.25, -0.2) is 0 Å². The van der Waals surface area contributed by atoms with Gasteiger partial charge in [-0.15, -0.1) is 0 Å². The molecule has 0 aliphatic carbocycles. The second-order valence-electron chi connectivity index (χ2n) is 8.74. The fourth-order valence-electron chi connectivity index (χ4n) is 4.11. The summed E-state index contributed by atoms with van der Waals surface area (Å²) in [5, 5.41) is 4.20. The van der Waals surface area contributed by atoms with E-state index in [1.165, 1.54) is 11.1 Å². The van der Waals surface area contributed by atoms with Crippen LogP contribution >= 0.6 is 0 Å². The number of anilines is 1. The first-order valence-corrected chi connectivity index (χ1v) is 11.4. The van der Waals surface area contributed by atoms with Crippen molar-refractivity contribution in [3.63, 3.8) is 0 Å². The summed E-state index contributed by atoms with van der Waals surface area (Å²) in [6.07, 6.45) is 3.21. The number of amides is 1. The van der Waals surface area contributed by atoms with Crippen LogP contribution in [0.2, 0.25) is 0 Å². The third-order valence-corrected chi connectivity index (χ3v) is 5.80. The van der Waals surface area contributed by atoms with Crippen LogP contribution in [-0.2, 0) is 17.6 Å². The third-order valence-electron chi connectivity index (χ3n) is 5.80. The van der Waals surface area contributed by atoms with E-state index in [0.29, 0.717) is 29.6 Å². The minimum Gasteiger partial charge on any atom is -0.489 e. The van der Waals surface area contributed by atoms with Gasteiger partial charge in [0.2, 0.25) is 11.7 Å². The number of hydrogen-bond acceptors (Lipinski definition) is 7. The number of benzene rings is 2. The molecule has 0 radical (unpaired) electrons. The molecule has 1 aliphatic rings. The van der Waals surface area contributed by atoms with Crippen molar-refractivity contribution in [2.75, 3.05) is 25.4 Å². The molecule has 1 aliphatic heterocycles. The monoisotopic (exact) mass is 449 g/mol. The lowest BCUT2D eigenvalue weighted by Crippen LogP contribution is -2.28. The number of primary amides is 1. The van der Waals surface area contributed by atoms with Crippen molar-refractivity contribution in [2.24, 2.45) is 5.73 Å². The van der Waals surface area contributed by atoms with Gasteiger partial charge in [-0.05, 0) is 75.0 Å². The highest BCUT2D eigenvalue weighted by Crippen LogP contribution is 2.30. The molecule has 0 spiro atoms. The minimum atomic E-state index is -0.236. The number of fused-ring (bicyclic) bond motifs is 1. The number of nitrogens with zero attached hydrogens (tertiary/aromatic N) is 3. The molecule has 8 nitrogen and oxygen atoms in total. The van der Waals surface area contributed by atoms with Crippen LogP contribution in [0.3, 0.4) is 0 Å². The van der Waals surface area contributed by atoms with Gasteiger partial charge in [0.05, 0.1) is 11.8 Å². The topological polar surface area (TPSA) is 120 Å². The SMILES string of the molecule is CC(C)Oc1ccc(-c2nc(-c3ccc4c(c3)CCN(CCCC(N)=O)CC4)no2)cc1N. The number of carbonyl (C=O) groups excluding carboxylic acids is 1. The Balaban J connectivity index is 1.46. The van der Waals surface area contributed by atoms with E-state index in [1.807, 2.05) is 32.0 Å². The lowest BCUT2D eigenvalue weighted by molar-refractivity contribution is -0.118. The second kappa shape index (κ2) is 10.0. The summed E-state index contributed by atoms with van der Waals surface area (Å²) >= 11 is 0. The smallest absolute Gasteiger partial charge is 0.258 e. The molecule has 2 aromatic carbocycles. The standard InChI is InChI=1S/C25H31N5O3/c1-16(2)32-22-8-7-20(15-21(22)26)25-28-24(29-33-25)19-6-5-17-9-12-30(11-3-4-23(27)31)13-10-18(17)14-19/h5-8,14-16H,3-4,9-13,26H2,1-2H3,(H2,27,31). The van der Waals surface area contributed by atoms with Crippen LogP contribution in [0.5, 0.6) is 5.75 Å². The van der Waals surface area contributed by atoms with Crippen molar-refractivity contribution in [3.05, 3.63) is 47.5 Å². The van der Waals surface area contributed by atoms with Gasteiger partial charge in [0.15, 0.2) is 0 Å². The van der Waals surface area contributed by atoms with Gasteiger partial charge in [0, 0.05) is 30.6 Å². The molecular weight excluding hydrogens is 418 g/mol. The van der Waals surface area contributed by atoms with E-state index < -0.39 is 0 Å². The zero-order chi connectivity index (χ0) is 23.4. The van der Waals surface area contributed by atoms with E-state index in [9.17, 15) is 4.79 Å². The van der Waals surface area contributed by atoms with E-state index >= 15 is 0 Å². The summed E-state index contributed by atoms with van der Waals surface area (Å²) < 4.78 is 11.2. The molecule has 174 valence electrons. The molecule has 1 amide bonds. The van der Waals surface area contributed by atoms with Crippen molar-refractivity contribution in [1.29, 1.82) is 0 Å². The predicted octanol–water partition coefficient (Wildman–Crippen LogP) is 3.44. The van der Waals surface area contributed by atoms with E-state index in [-0.39, 0.29) is 12.0 Å². The number of aromatic nitrogens is 2. The number of hydrogen-bond donors (Lipinski definition) is 2. The quantitative estimate of drug-likeness (QED) is 0.505. The molecule has 3 aromatic rings. The molecule has 8 heteroatoms. The van der Waals surface area contributed by atoms with Crippen LogP contribution in [0.15, 0.2) is 40.9 Å². The molecule has 0 atom stereocenters. The van der Waals surface area contributed by atoms with Gasteiger partial charge in [0.1, 0.15) is 5.75 Å². The van der Waals surface area contributed by atoms with E-state index in [4.69, 9.17) is 20.7 Å². The summed E-state index contributed by atoms with van der Waals surface area (Å²) in [7, 11) is 0. The maximum absolute atomic E-state index is 11.0. The highest BCUT2D eigenvalue weighted by molar-refractivity contribution is 5.73. The van der Waals surface area contributed by atoms with Gasteiger partial charge < -0.3 is 25.6 Å². The summed E-state index contributed by atoms with van der Waals surface area (Å²) in [6, 6.07) is 11.8. The van der Waals surface area contributed by atoms with Crippen LogP contribution in [0.4, 0.5) is 5.69 Å². The van der Waals surface area contributed by atoms with Crippen molar-refractivity contribution in [3.8, 4) is 28.6 Å². The Morgan fingerprint density at radius 2 is 1.88 bits per heavy atom. The Morgan fingerprint density at radius 1 is 1.12 bits per heavy atom. The lowest BCUT2D eigenvalue weighted by Gasteiger charge is -2.18. The van der Waals surface area contributed by atoms with Crippen LogP contribution in [0.1, 0.15) is 37.8 Å². The Kier molecular flexibility index (Phi) is 6.93. The maximum Gasteiger partial charge on any atom is 0.258 e. The molecular formula is C25H31N5O3. The second-order valence-corrected chi connectivity index (χ2v) is 8.74. The molecule has 0 fully saturated rings. The number of carbonyl (C=O) groups is 1. The van der Waals surface area contributed by atoms with Crippen LogP contribution in [0, 0.1) is 0 Å². The maximum atomic E-state index is 11.0. The van der Waals surface area contributed by atoms with Gasteiger partial charge >= 0.3 is 0 Å². The molecule has 0 saturated heterocycles. The summed E-state index contributed by atoms with van der Waals surface area (Å²) in [5.41, 5.74) is 16.3. The molecule has 1 aromatic heterocycles. The first kappa shape index (κ1) is 22.8. The fraction of sp³-hybridized carbons (Fsp3) is 0.400. The Labute approximate surface area is 193 Å². The zero-order valence-corrected chi connectivity index (χ0v) is 19.2. The summed E-state index contributed by atoms with van der Waals surface area (Å²) in [5.74, 6) is 1.38. The molecule has 4 rings (SSSR count). The number of nitrogens with two attached hydrogens (primary N) is 2. The molecule has 0 saturated carbocycles. The van der Waals surface area contributed by atoms with Gasteiger partial charge in [0.25, 0.3) is 5.89 Å². The number of rotatable bonds is 8. The van der Waals surface area contributed by atoms with Crippen LogP contribution in [0.25, 0.3) is 22.8 Å². The van der Waals surface area contributed by atoms with Crippen molar-refractivity contribution >= 4 is 11.6 Å². The predicted molar refractivity (Wildman–Crippen MR) is 128 cm³/mol. The average molecular weight is 450 g/mol. The van der Waals surface area contributed by atoms with Crippen LogP contribution in [-0.4, -0.2) is 46.7 Å². The van der Waals surface area contributed by atoms with Crippen LogP contribution < -0.4 is 16.2 Å². The minimum absolute atomic E-state index is 0.0450. The average Bonchev–Trinajstić information content (AvgIpc) is 3.18. The van der Waals surface area contributed by atoms with E-state index in [0.717, 1.165) is 50.0 Å². The first-order valence-electron chi connectivity index (χ1n) is 11.4. The first-order chi connectivity index (χ1) is 15.9. The Hall–Kier alpha value is -3.39. The highest BCUT2D eigenvalue weighted by atomic mass is 16.5. The van der Waals surface area contributed by atoms with Crippen molar-refractivity contribution < 1.29 is 14.1 Å². The van der Waals surface area contributed by atoms with Gasteiger partial charge in [-0.1, -0.05) is 17.3 Å². The third kappa shape index (κ3) is 5.70. The molecule has 33 heavy (non-hydrogen) atoms. The summed E-state index contributed by atoms with van der Waals surface area (Å²) in [6.45, 7) is 6.74. The van der Waals surface area contributed by atoms with Crippen molar-refractivity contribution in [2.45, 2.75) is 45.6 Å². The molecule has 2 heterocycles. The molecule has 0 unspecified atom stereocenters. The lowest BCUT2D eigenvalue weighted by atomic mass is 10.00. The normalized spacial score (nSPS) is 14.2. The summed E-state index contributed by atoms with van der Waals surface area (Å²) in [4.78, 5) is 18.0.